The molecule has 1 aliphatic heterocycles. The molecule has 0 saturated carbocycles. The largest absolute Gasteiger partial charge is 0.336 e. The number of piperazine rings is 1. The number of amides is 1. The summed E-state index contributed by atoms with van der Waals surface area (Å²) in [4.78, 5) is 20.2. The molecule has 1 aliphatic rings. The van der Waals surface area contributed by atoms with E-state index in [1.54, 1.807) is 4.90 Å². The highest BCUT2D eigenvalue weighted by Crippen LogP contribution is 2.15. The zero-order chi connectivity index (χ0) is 14.0. The molecule has 104 valence electrons. The van der Waals surface area contributed by atoms with Crippen LogP contribution in [0.2, 0.25) is 0 Å². The number of rotatable bonds is 2. The van der Waals surface area contributed by atoms with Crippen molar-refractivity contribution in [3.63, 3.8) is 0 Å². The summed E-state index contributed by atoms with van der Waals surface area (Å²) in [7, 11) is 0. The Morgan fingerprint density at radius 1 is 1.42 bits per heavy atom. The van der Waals surface area contributed by atoms with E-state index in [2.05, 4.69) is 30.7 Å². The molecular formula is C14H20FN3O. The summed E-state index contributed by atoms with van der Waals surface area (Å²) in [5.41, 5.74) is 0.324. The number of nitrogens with zero attached hydrogens (tertiary/aromatic N) is 3. The summed E-state index contributed by atoms with van der Waals surface area (Å²) < 4.78 is 13.1. The second-order valence-corrected chi connectivity index (χ2v) is 5.32. The molecule has 1 amide bonds. The topological polar surface area (TPSA) is 36.4 Å². The van der Waals surface area contributed by atoms with E-state index in [9.17, 15) is 9.18 Å². The van der Waals surface area contributed by atoms with Gasteiger partial charge in [-0.3, -0.25) is 14.7 Å². The third-order valence-electron chi connectivity index (χ3n) is 3.58. The molecule has 5 heteroatoms. The molecule has 1 aromatic rings. The van der Waals surface area contributed by atoms with Crippen molar-refractivity contribution in [1.82, 2.24) is 14.8 Å². The molecular weight excluding hydrogens is 245 g/mol. The number of aromatic nitrogens is 1. The van der Waals surface area contributed by atoms with Gasteiger partial charge in [0.25, 0.3) is 5.91 Å². The van der Waals surface area contributed by atoms with Gasteiger partial charge < -0.3 is 4.90 Å². The Hall–Kier alpha value is -1.49. The molecule has 1 atom stereocenters. The average Bonchev–Trinajstić information content (AvgIpc) is 2.37. The minimum Gasteiger partial charge on any atom is -0.336 e. The lowest BCUT2D eigenvalue weighted by Gasteiger charge is -2.42. The first-order chi connectivity index (χ1) is 8.99. The Balaban J connectivity index is 2.06. The van der Waals surface area contributed by atoms with Crippen molar-refractivity contribution in [2.24, 2.45) is 0 Å². The van der Waals surface area contributed by atoms with Gasteiger partial charge in [0, 0.05) is 37.9 Å². The molecule has 1 saturated heterocycles. The third kappa shape index (κ3) is 3.10. The van der Waals surface area contributed by atoms with Gasteiger partial charge in [0.1, 0.15) is 5.82 Å². The highest BCUT2D eigenvalue weighted by Gasteiger charge is 2.28. The van der Waals surface area contributed by atoms with Gasteiger partial charge in [0.2, 0.25) is 0 Å². The lowest BCUT2D eigenvalue weighted by Crippen LogP contribution is -2.55. The highest BCUT2D eigenvalue weighted by atomic mass is 19.1. The van der Waals surface area contributed by atoms with E-state index in [-0.39, 0.29) is 5.91 Å². The van der Waals surface area contributed by atoms with Gasteiger partial charge in [-0.2, -0.15) is 0 Å². The predicted molar refractivity (Wildman–Crippen MR) is 71.4 cm³/mol. The summed E-state index contributed by atoms with van der Waals surface area (Å²) in [6, 6.07) is 2.04. The van der Waals surface area contributed by atoms with Crippen molar-refractivity contribution in [3.8, 4) is 0 Å². The van der Waals surface area contributed by atoms with E-state index in [1.807, 2.05) is 0 Å². The van der Waals surface area contributed by atoms with Crippen LogP contribution < -0.4 is 0 Å². The molecule has 2 rings (SSSR count). The van der Waals surface area contributed by atoms with Crippen LogP contribution in [-0.4, -0.2) is 52.4 Å². The van der Waals surface area contributed by atoms with Crippen molar-refractivity contribution in [2.75, 3.05) is 19.6 Å². The summed E-state index contributed by atoms with van der Waals surface area (Å²) in [5.74, 6) is -0.609. The average molecular weight is 265 g/mol. The van der Waals surface area contributed by atoms with Crippen molar-refractivity contribution in [1.29, 1.82) is 0 Å². The van der Waals surface area contributed by atoms with Crippen LogP contribution >= 0.6 is 0 Å². The summed E-state index contributed by atoms with van der Waals surface area (Å²) in [6.45, 7) is 8.64. The fourth-order valence-electron chi connectivity index (χ4n) is 2.63. The number of hydrogen-bond acceptors (Lipinski definition) is 3. The van der Waals surface area contributed by atoms with Gasteiger partial charge in [0.05, 0.1) is 11.8 Å². The lowest BCUT2D eigenvalue weighted by atomic mass is 10.1. The Morgan fingerprint density at radius 2 is 2.16 bits per heavy atom. The zero-order valence-electron chi connectivity index (χ0n) is 11.6. The second kappa shape index (κ2) is 5.65. The van der Waals surface area contributed by atoms with E-state index >= 15 is 0 Å². The molecule has 0 radical (unpaired) electrons. The van der Waals surface area contributed by atoms with Crippen molar-refractivity contribution in [3.05, 3.63) is 29.8 Å². The summed E-state index contributed by atoms with van der Waals surface area (Å²) in [5, 5.41) is 0. The number of pyridine rings is 1. The summed E-state index contributed by atoms with van der Waals surface area (Å²) >= 11 is 0. The van der Waals surface area contributed by atoms with Crippen molar-refractivity contribution < 1.29 is 9.18 Å². The van der Waals surface area contributed by atoms with Gasteiger partial charge in [-0.1, -0.05) is 0 Å². The normalized spacial score (nSPS) is 20.9. The standard InChI is InChI=1S/C14H20FN3O/c1-10(2)18-5-4-17(9-11(18)3)14(19)12-6-13(15)8-16-7-12/h6-8,10-11H,4-5,9H2,1-3H3. The molecule has 19 heavy (non-hydrogen) atoms. The van der Waals surface area contributed by atoms with Crippen LogP contribution in [0.25, 0.3) is 0 Å². The van der Waals surface area contributed by atoms with E-state index < -0.39 is 5.82 Å². The van der Waals surface area contributed by atoms with Gasteiger partial charge in [0.15, 0.2) is 0 Å². The van der Waals surface area contributed by atoms with Crippen LogP contribution in [0, 0.1) is 5.82 Å². The van der Waals surface area contributed by atoms with Crippen LogP contribution in [0.1, 0.15) is 31.1 Å². The van der Waals surface area contributed by atoms with Gasteiger partial charge in [-0.25, -0.2) is 4.39 Å². The van der Waals surface area contributed by atoms with Gasteiger partial charge in [-0.05, 0) is 26.8 Å². The third-order valence-corrected chi connectivity index (χ3v) is 3.58. The summed E-state index contributed by atoms with van der Waals surface area (Å²) in [6.07, 6.45) is 2.53. The Kier molecular flexibility index (Phi) is 4.14. The van der Waals surface area contributed by atoms with Crippen molar-refractivity contribution in [2.45, 2.75) is 32.9 Å². The number of carbonyl (C=O) groups excluding carboxylic acids is 1. The van der Waals surface area contributed by atoms with E-state index in [0.29, 0.717) is 30.7 Å². The van der Waals surface area contributed by atoms with E-state index in [4.69, 9.17) is 0 Å². The fourth-order valence-corrected chi connectivity index (χ4v) is 2.63. The number of hydrogen-bond donors (Lipinski definition) is 0. The molecule has 2 heterocycles. The lowest BCUT2D eigenvalue weighted by molar-refractivity contribution is 0.0425. The first kappa shape index (κ1) is 13.9. The molecule has 0 spiro atoms. The van der Waals surface area contributed by atoms with Crippen LogP contribution in [0.5, 0.6) is 0 Å². The molecule has 0 aliphatic carbocycles. The second-order valence-electron chi connectivity index (χ2n) is 5.32. The maximum absolute atomic E-state index is 13.1. The molecule has 0 N–H and O–H groups in total. The van der Waals surface area contributed by atoms with Crippen LogP contribution in [-0.2, 0) is 0 Å². The Morgan fingerprint density at radius 3 is 2.74 bits per heavy atom. The van der Waals surface area contributed by atoms with E-state index in [0.717, 1.165) is 12.7 Å². The minimum atomic E-state index is -0.472. The molecule has 1 unspecified atom stereocenters. The zero-order valence-corrected chi connectivity index (χ0v) is 11.6. The molecule has 0 bridgehead atoms. The maximum Gasteiger partial charge on any atom is 0.255 e. The van der Waals surface area contributed by atoms with Crippen LogP contribution in [0.4, 0.5) is 4.39 Å². The highest BCUT2D eigenvalue weighted by molar-refractivity contribution is 5.94. The SMILES string of the molecule is CC(C)N1CCN(C(=O)c2cncc(F)c2)CC1C. The molecule has 1 aromatic heterocycles. The molecule has 4 nitrogen and oxygen atoms in total. The monoisotopic (exact) mass is 265 g/mol. The number of carbonyl (C=O) groups is 1. The maximum atomic E-state index is 13.1. The smallest absolute Gasteiger partial charge is 0.255 e. The van der Waals surface area contributed by atoms with Gasteiger partial charge in [-0.15, -0.1) is 0 Å². The Bertz CT molecular complexity index is 464. The van der Waals surface area contributed by atoms with Crippen molar-refractivity contribution >= 4 is 5.91 Å². The first-order valence-electron chi connectivity index (χ1n) is 6.64. The van der Waals surface area contributed by atoms with Crippen LogP contribution in [0.3, 0.4) is 0 Å². The Labute approximate surface area is 113 Å². The molecule has 1 fully saturated rings. The predicted octanol–water partition coefficient (Wildman–Crippen LogP) is 1.78. The first-order valence-corrected chi connectivity index (χ1v) is 6.64. The number of halogens is 1. The quantitative estimate of drug-likeness (QED) is 0.818. The fraction of sp³-hybridized carbons (Fsp3) is 0.571. The van der Waals surface area contributed by atoms with E-state index in [1.165, 1.54) is 12.3 Å². The minimum absolute atomic E-state index is 0.137. The molecule has 0 aromatic carbocycles. The van der Waals surface area contributed by atoms with Gasteiger partial charge >= 0.3 is 0 Å². The van der Waals surface area contributed by atoms with Crippen LogP contribution in [0.15, 0.2) is 18.5 Å².